The molecule has 0 bridgehead atoms. The fraction of sp³-hybridized carbons (Fsp3) is 0.0833. The number of nitrogens with one attached hydrogen (secondary N) is 1. The second kappa shape index (κ2) is 8.68. The predicted molar refractivity (Wildman–Crippen MR) is 122 cm³/mol. The number of hydrogen-bond acceptors (Lipinski definition) is 6. The number of thiophene rings is 1. The molecule has 0 unspecified atom stereocenters. The van der Waals surface area contributed by atoms with Gasteiger partial charge in [-0.1, -0.05) is 42.5 Å². The minimum Gasteiger partial charge on any atom is -0.497 e. The molecule has 30 heavy (non-hydrogen) atoms. The lowest BCUT2D eigenvalue weighted by Gasteiger charge is -2.07. The average molecular weight is 413 g/mol. The van der Waals surface area contributed by atoms with Crippen LogP contribution in [-0.2, 0) is 6.54 Å². The van der Waals surface area contributed by atoms with E-state index in [0.29, 0.717) is 17.9 Å². The molecule has 0 saturated heterocycles. The van der Waals surface area contributed by atoms with Crippen molar-refractivity contribution in [3.05, 3.63) is 84.1 Å². The van der Waals surface area contributed by atoms with Crippen molar-refractivity contribution in [2.45, 2.75) is 6.54 Å². The van der Waals surface area contributed by atoms with Gasteiger partial charge in [-0.3, -0.25) is 0 Å². The van der Waals surface area contributed by atoms with E-state index in [-0.39, 0.29) is 0 Å². The van der Waals surface area contributed by atoms with E-state index in [1.54, 1.807) is 24.6 Å². The molecule has 0 atom stereocenters. The number of nitrogen functional groups attached to an aromatic ring is 1. The van der Waals surface area contributed by atoms with Crippen LogP contribution in [0.3, 0.4) is 0 Å². The van der Waals surface area contributed by atoms with Crippen LogP contribution in [-0.4, -0.2) is 12.1 Å². The molecule has 5 nitrogen and oxygen atoms in total. The van der Waals surface area contributed by atoms with Crippen molar-refractivity contribution in [1.82, 2.24) is 4.98 Å². The van der Waals surface area contributed by atoms with Gasteiger partial charge >= 0.3 is 0 Å². The Labute approximate surface area is 179 Å². The van der Waals surface area contributed by atoms with E-state index in [1.165, 1.54) is 0 Å². The fourth-order valence-corrected chi connectivity index (χ4v) is 4.43. The molecule has 0 aliphatic carbocycles. The number of nitrogens with zero attached hydrogens (tertiary/aromatic N) is 2. The Morgan fingerprint density at radius 1 is 1.07 bits per heavy atom. The van der Waals surface area contributed by atoms with E-state index in [2.05, 4.69) is 28.5 Å². The first kappa shape index (κ1) is 19.5. The van der Waals surface area contributed by atoms with Crippen LogP contribution >= 0.6 is 11.3 Å². The van der Waals surface area contributed by atoms with Crippen molar-refractivity contribution in [1.29, 1.82) is 5.26 Å². The second-order valence-corrected chi connectivity index (χ2v) is 7.68. The minimum absolute atomic E-state index is 0.443. The first-order chi connectivity index (χ1) is 14.7. The third kappa shape index (κ3) is 3.97. The van der Waals surface area contributed by atoms with Gasteiger partial charge in [0.1, 0.15) is 22.6 Å². The van der Waals surface area contributed by atoms with E-state index in [1.807, 2.05) is 54.6 Å². The lowest BCUT2D eigenvalue weighted by Crippen LogP contribution is -1.98. The number of hydrogen-bond donors (Lipinski definition) is 2. The molecule has 2 aromatic heterocycles. The number of pyridine rings is 1. The van der Waals surface area contributed by atoms with Crippen molar-refractivity contribution < 1.29 is 4.74 Å². The van der Waals surface area contributed by atoms with E-state index in [9.17, 15) is 5.26 Å². The third-order valence-electron chi connectivity index (χ3n) is 4.74. The summed E-state index contributed by atoms with van der Waals surface area (Å²) in [5.74, 6) is 1.21. The Morgan fingerprint density at radius 2 is 1.83 bits per heavy atom. The summed E-state index contributed by atoms with van der Waals surface area (Å²) >= 11 is 1.55. The van der Waals surface area contributed by atoms with Crippen LogP contribution in [0.5, 0.6) is 5.75 Å². The lowest BCUT2D eigenvalue weighted by atomic mass is 9.98. The van der Waals surface area contributed by atoms with Crippen molar-refractivity contribution >= 4 is 22.2 Å². The molecule has 0 amide bonds. The molecular weight excluding hydrogens is 392 g/mol. The molecule has 2 heterocycles. The molecule has 3 N–H and O–H groups in total. The average Bonchev–Trinajstić information content (AvgIpc) is 3.17. The molecule has 0 spiro atoms. The molecule has 0 saturated carbocycles. The summed E-state index contributed by atoms with van der Waals surface area (Å²) in [6.45, 7) is 0.635. The number of anilines is 2. The van der Waals surface area contributed by atoms with Gasteiger partial charge < -0.3 is 15.8 Å². The SMILES string of the molecule is COc1ccc(-c2c(-c3ccnc(N)c3)sc(NCc3ccccc3)c2C#N)cc1. The molecule has 0 radical (unpaired) electrons. The Balaban J connectivity index is 1.82. The van der Waals surface area contributed by atoms with Gasteiger partial charge in [0.2, 0.25) is 0 Å². The second-order valence-electron chi connectivity index (χ2n) is 6.66. The third-order valence-corrected chi connectivity index (χ3v) is 5.93. The quantitative estimate of drug-likeness (QED) is 0.434. The molecule has 0 fully saturated rings. The summed E-state index contributed by atoms with van der Waals surface area (Å²) in [5.41, 5.74) is 10.5. The van der Waals surface area contributed by atoms with Crippen LogP contribution in [0.4, 0.5) is 10.8 Å². The maximum absolute atomic E-state index is 10.0. The van der Waals surface area contributed by atoms with Gasteiger partial charge in [-0.25, -0.2) is 4.98 Å². The minimum atomic E-state index is 0.443. The van der Waals surface area contributed by atoms with Gasteiger partial charge in [-0.05, 0) is 41.0 Å². The standard InChI is InChI=1S/C24H20N4OS/c1-29-19-9-7-17(8-10-19)22-20(14-25)24(28-15-16-5-3-2-4-6-16)30-23(22)18-11-12-27-21(26)13-18/h2-13,28H,15H2,1H3,(H2,26,27). The summed E-state index contributed by atoms with van der Waals surface area (Å²) in [6, 6.07) is 24.0. The first-order valence-electron chi connectivity index (χ1n) is 9.40. The molecule has 2 aromatic carbocycles. The van der Waals surface area contributed by atoms with Crippen LogP contribution < -0.4 is 15.8 Å². The number of rotatable bonds is 6. The van der Waals surface area contributed by atoms with Gasteiger partial charge in [-0.2, -0.15) is 5.26 Å². The van der Waals surface area contributed by atoms with Crippen LogP contribution in [0.15, 0.2) is 72.9 Å². The summed E-state index contributed by atoms with van der Waals surface area (Å²) in [7, 11) is 1.64. The van der Waals surface area contributed by atoms with Crippen molar-refractivity contribution in [2.24, 2.45) is 0 Å². The summed E-state index contributed by atoms with van der Waals surface area (Å²) < 4.78 is 5.29. The van der Waals surface area contributed by atoms with Gasteiger partial charge in [0.25, 0.3) is 0 Å². The summed E-state index contributed by atoms with van der Waals surface area (Å²) in [5, 5.41) is 14.3. The van der Waals surface area contributed by atoms with Crippen molar-refractivity contribution in [3.8, 4) is 33.4 Å². The van der Waals surface area contributed by atoms with Gasteiger partial charge in [0.15, 0.2) is 0 Å². The number of ether oxygens (including phenoxy) is 1. The maximum Gasteiger partial charge on any atom is 0.123 e. The highest BCUT2D eigenvalue weighted by Crippen LogP contribution is 2.46. The van der Waals surface area contributed by atoms with Crippen molar-refractivity contribution in [3.63, 3.8) is 0 Å². The Hall–Kier alpha value is -3.82. The topological polar surface area (TPSA) is 84.0 Å². The summed E-state index contributed by atoms with van der Waals surface area (Å²) in [6.07, 6.45) is 1.69. The lowest BCUT2D eigenvalue weighted by molar-refractivity contribution is 0.415. The predicted octanol–water partition coefficient (Wildman–Crippen LogP) is 5.55. The molecule has 6 heteroatoms. The van der Waals surface area contributed by atoms with E-state index >= 15 is 0 Å². The first-order valence-corrected chi connectivity index (χ1v) is 10.2. The van der Waals surface area contributed by atoms with Gasteiger partial charge in [-0.15, -0.1) is 11.3 Å². The van der Waals surface area contributed by atoms with E-state index in [4.69, 9.17) is 10.5 Å². The fourth-order valence-electron chi connectivity index (χ4n) is 3.27. The highest BCUT2D eigenvalue weighted by Gasteiger charge is 2.21. The Bertz CT molecular complexity index is 1190. The normalized spacial score (nSPS) is 10.4. The molecule has 4 rings (SSSR count). The van der Waals surface area contributed by atoms with Gasteiger partial charge in [0, 0.05) is 23.2 Å². The van der Waals surface area contributed by atoms with Crippen LogP contribution in [0, 0.1) is 11.3 Å². The zero-order valence-electron chi connectivity index (χ0n) is 16.4. The van der Waals surface area contributed by atoms with Crippen LogP contribution in [0.2, 0.25) is 0 Å². The number of nitrogens with two attached hydrogens (primary N) is 1. The molecular formula is C24H20N4OS. The number of benzene rings is 2. The Morgan fingerprint density at radius 3 is 2.50 bits per heavy atom. The largest absolute Gasteiger partial charge is 0.497 e. The maximum atomic E-state index is 10.0. The number of nitriles is 1. The van der Waals surface area contributed by atoms with E-state index in [0.717, 1.165) is 37.9 Å². The molecule has 4 aromatic rings. The number of aromatic nitrogens is 1. The van der Waals surface area contributed by atoms with Crippen molar-refractivity contribution in [2.75, 3.05) is 18.2 Å². The summed E-state index contributed by atoms with van der Waals surface area (Å²) in [4.78, 5) is 5.07. The van der Waals surface area contributed by atoms with Gasteiger partial charge in [0.05, 0.1) is 12.7 Å². The van der Waals surface area contributed by atoms with Crippen LogP contribution in [0.1, 0.15) is 11.1 Å². The zero-order valence-corrected chi connectivity index (χ0v) is 17.2. The monoisotopic (exact) mass is 412 g/mol. The van der Waals surface area contributed by atoms with E-state index < -0.39 is 0 Å². The molecule has 148 valence electrons. The highest BCUT2D eigenvalue weighted by atomic mass is 32.1. The Kier molecular flexibility index (Phi) is 5.64. The number of methoxy groups -OCH3 is 1. The highest BCUT2D eigenvalue weighted by molar-refractivity contribution is 7.20. The molecule has 0 aliphatic rings. The smallest absolute Gasteiger partial charge is 0.123 e. The van der Waals surface area contributed by atoms with Crippen LogP contribution in [0.25, 0.3) is 21.6 Å². The molecule has 0 aliphatic heterocycles. The zero-order chi connectivity index (χ0) is 20.9.